The topological polar surface area (TPSA) is 43.4 Å². The van der Waals surface area contributed by atoms with Crippen molar-refractivity contribution in [1.29, 1.82) is 0 Å². The molecular weight excluding hydrogens is 279 g/mol. The van der Waals surface area contributed by atoms with Gasteiger partial charge >= 0.3 is 5.97 Å². The van der Waals surface area contributed by atoms with Crippen molar-refractivity contribution >= 4 is 23.5 Å². The van der Waals surface area contributed by atoms with Crippen molar-refractivity contribution in [2.24, 2.45) is 17.3 Å². The van der Waals surface area contributed by atoms with Crippen LogP contribution in [-0.2, 0) is 14.3 Å². The zero-order valence-corrected chi connectivity index (χ0v) is 14.2. The van der Waals surface area contributed by atoms with Crippen molar-refractivity contribution in [2.45, 2.75) is 46.3 Å². The summed E-state index contributed by atoms with van der Waals surface area (Å²) in [5, 5.41) is -0.494. The summed E-state index contributed by atoms with van der Waals surface area (Å²) in [6.45, 7) is 8.74. The number of Topliss-reactive ketones (excluding diaryl/α,β-unsaturated/α-hetero) is 1. The molecule has 0 aromatic carbocycles. The lowest BCUT2D eigenvalue weighted by molar-refractivity contribution is -0.144. The molecule has 118 valence electrons. The number of hydrogen-bond donors (Lipinski definition) is 0. The molecule has 3 atom stereocenters. The van der Waals surface area contributed by atoms with E-state index in [1.165, 1.54) is 11.8 Å². The summed E-state index contributed by atoms with van der Waals surface area (Å²) >= 11 is 1.33. The molecule has 0 heterocycles. The Morgan fingerprint density at radius 3 is 2.20 bits per heavy atom. The van der Waals surface area contributed by atoms with E-state index in [0.717, 1.165) is 0 Å². The third kappa shape index (κ3) is 5.81. The van der Waals surface area contributed by atoms with Gasteiger partial charge in [-0.15, -0.1) is 11.8 Å². The molecule has 0 aliphatic heterocycles. The van der Waals surface area contributed by atoms with Gasteiger partial charge in [0.25, 0.3) is 0 Å². The molecule has 0 radical (unpaired) electrons. The molecule has 3 nitrogen and oxygen atoms in total. The van der Waals surface area contributed by atoms with E-state index in [4.69, 9.17) is 4.74 Å². The van der Waals surface area contributed by atoms with Gasteiger partial charge in [-0.1, -0.05) is 27.7 Å². The highest BCUT2D eigenvalue weighted by Gasteiger charge is 2.36. The average Bonchev–Trinajstić information content (AvgIpc) is 2.36. The Labute approximate surface area is 126 Å². The zero-order chi connectivity index (χ0) is 15.9. The highest BCUT2D eigenvalue weighted by Crippen LogP contribution is 2.32. The maximum atomic E-state index is 13.1. The number of thioether (sulfide) groups is 1. The molecule has 0 aliphatic rings. The summed E-state index contributed by atoms with van der Waals surface area (Å²) in [4.78, 5) is 24.2. The monoisotopic (exact) mass is 306 g/mol. The maximum absolute atomic E-state index is 13.1. The van der Waals surface area contributed by atoms with E-state index in [1.54, 1.807) is 20.1 Å². The molecule has 5 heteroatoms. The molecule has 0 bridgehead atoms. The minimum atomic E-state index is -0.543. The van der Waals surface area contributed by atoms with Crippen molar-refractivity contribution < 1.29 is 18.7 Å². The van der Waals surface area contributed by atoms with Crippen LogP contribution < -0.4 is 0 Å². The van der Waals surface area contributed by atoms with Crippen LogP contribution in [0.1, 0.15) is 41.0 Å². The summed E-state index contributed by atoms with van der Waals surface area (Å²) in [5.74, 6) is -0.984. The number of ether oxygens (including phenoxy) is 1. The van der Waals surface area contributed by atoms with E-state index < -0.39 is 17.3 Å². The Bertz CT molecular complexity index is 326. The second kappa shape index (κ2) is 8.65. The highest BCUT2D eigenvalue weighted by molar-refractivity contribution is 7.99. The number of hydrogen-bond acceptors (Lipinski definition) is 4. The van der Waals surface area contributed by atoms with Crippen LogP contribution in [0.5, 0.6) is 0 Å². The Morgan fingerprint density at radius 2 is 1.85 bits per heavy atom. The Balaban J connectivity index is 5.12. The largest absolute Gasteiger partial charge is 0.465 e. The van der Waals surface area contributed by atoms with Crippen LogP contribution in [0.25, 0.3) is 0 Å². The fourth-order valence-electron chi connectivity index (χ4n) is 1.91. The van der Waals surface area contributed by atoms with Crippen molar-refractivity contribution in [3.05, 3.63) is 0 Å². The van der Waals surface area contributed by atoms with Gasteiger partial charge in [-0.2, -0.15) is 0 Å². The molecule has 0 aliphatic carbocycles. The number of alkyl halides is 1. The first kappa shape index (κ1) is 19.4. The number of carbonyl (C=O) groups excluding carboxylic acids is 2. The lowest BCUT2D eigenvalue weighted by Crippen LogP contribution is -2.37. The van der Waals surface area contributed by atoms with Crippen molar-refractivity contribution in [2.75, 3.05) is 19.5 Å². The lowest BCUT2D eigenvalue weighted by atomic mass is 9.80. The predicted molar refractivity (Wildman–Crippen MR) is 81.6 cm³/mol. The van der Waals surface area contributed by atoms with Gasteiger partial charge in [-0.3, -0.25) is 14.0 Å². The summed E-state index contributed by atoms with van der Waals surface area (Å²) < 4.78 is 18.1. The first-order valence-electron chi connectivity index (χ1n) is 6.97. The minimum absolute atomic E-state index is 0.0474. The van der Waals surface area contributed by atoms with Crippen molar-refractivity contribution in [3.63, 3.8) is 0 Å². The minimum Gasteiger partial charge on any atom is -0.465 e. The van der Waals surface area contributed by atoms with Crippen LogP contribution in [0.2, 0.25) is 0 Å². The predicted octanol–water partition coefficient (Wildman–Crippen LogP) is 3.51. The second-order valence-corrected chi connectivity index (χ2v) is 7.06. The molecule has 0 spiro atoms. The van der Waals surface area contributed by atoms with Gasteiger partial charge in [0, 0.05) is 11.8 Å². The molecule has 0 amide bonds. The fourth-order valence-corrected chi connectivity index (χ4v) is 2.89. The number of carbonyl (C=O) groups is 2. The molecule has 0 aromatic rings. The molecule has 0 saturated heterocycles. The maximum Gasteiger partial charge on any atom is 0.319 e. The van der Waals surface area contributed by atoms with Crippen LogP contribution in [-0.4, -0.2) is 36.5 Å². The first-order chi connectivity index (χ1) is 9.18. The van der Waals surface area contributed by atoms with Gasteiger partial charge in [0.05, 0.1) is 13.3 Å². The van der Waals surface area contributed by atoms with E-state index in [2.05, 4.69) is 0 Å². The summed E-state index contributed by atoms with van der Waals surface area (Å²) in [7, 11) is 0. The van der Waals surface area contributed by atoms with Crippen LogP contribution in [0.15, 0.2) is 0 Å². The quantitative estimate of drug-likeness (QED) is 0.644. The summed E-state index contributed by atoms with van der Waals surface area (Å²) in [5.41, 5.74) is -0.480. The van der Waals surface area contributed by atoms with E-state index in [9.17, 15) is 14.0 Å². The molecule has 0 rings (SSSR count). The van der Waals surface area contributed by atoms with Crippen molar-refractivity contribution in [1.82, 2.24) is 0 Å². The molecular formula is C15H27FO3S. The van der Waals surface area contributed by atoms with Gasteiger partial charge in [0.15, 0.2) is 0 Å². The Morgan fingerprint density at radius 1 is 1.30 bits per heavy atom. The zero-order valence-electron chi connectivity index (χ0n) is 13.4. The average molecular weight is 306 g/mol. The fraction of sp³-hybridized carbons (Fsp3) is 0.867. The van der Waals surface area contributed by atoms with Crippen LogP contribution >= 0.6 is 11.8 Å². The standard InChI is InChI=1S/C15H27FO3S/c1-7-19-14(18)13(20-6)11(10(2)9-16)8-12(17)15(3,4)5/h10-11,13H,7-9H2,1-6H3/t10-,11-,13+/m0/s1. The first-order valence-corrected chi connectivity index (χ1v) is 8.26. The molecule has 0 aromatic heterocycles. The van der Waals surface area contributed by atoms with E-state index in [0.29, 0.717) is 6.61 Å². The number of ketones is 1. The smallest absolute Gasteiger partial charge is 0.319 e. The third-order valence-electron chi connectivity index (χ3n) is 3.39. The van der Waals surface area contributed by atoms with Gasteiger partial charge < -0.3 is 4.74 Å². The SMILES string of the molecule is CCOC(=O)[C@H](SC)[C@@H](CC(=O)C(C)(C)C)[C@@H](C)CF. The van der Waals surface area contributed by atoms with Crippen LogP contribution in [0.4, 0.5) is 4.39 Å². The summed E-state index contributed by atoms with van der Waals surface area (Å²) in [6.07, 6.45) is 2.00. The van der Waals surface area contributed by atoms with Gasteiger partial charge in [0.2, 0.25) is 0 Å². The van der Waals surface area contributed by atoms with Gasteiger partial charge in [-0.05, 0) is 25.0 Å². The van der Waals surface area contributed by atoms with Crippen molar-refractivity contribution in [3.8, 4) is 0 Å². The van der Waals surface area contributed by atoms with Gasteiger partial charge in [0.1, 0.15) is 11.0 Å². The van der Waals surface area contributed by atoms with Crippen LogP contribution in [0, 0.1) is 17.3 Å². The normalized spacial score (nSPS) is 16.4. The molecule has 20 heavy (non-hydrogen) atoms. The molecule has 0 N–H and O–H groups in total. The molecule has 0 fully saturated rings. The number of halogens is 1. The van der Waals surface area contributed by atoms with E-state index in [1.807, 2.05) is 20.8 Å². The van der Waals surface area contributed by atoms with Crippen LogP contribution in [0.3, 0.4) is 0 Å². The Hall–Kier alpha value is -0.580. The van der Waals surface area contributed by atoms with E-state index in [-0.39, 0.29) is 30.0 Å². The van der Waals surface area contributed by atoms with E-state index >= 15 is 0 Å². The lowest BCUT2D eigenvalue weighted by Gasteiger charge is -2.29. The molecule has 0 unspecified atom stereocenters. The van der Waals surface area contributed by atoms with Gasteiger partial charge in [-0.25, -0.2) is 0 Å². The number of rotatable bonds is 8. The third-order valence-corrected chi connectivity index (χ3v) is 4.44. The molecule has 0 saturated carbocycles. The summed E-state index contributed by atoms with van der Waals surface area (Å²) in [6, 6.07) is 0. The highest BCUT2D eigenvalue weighted by atomic mass is 32.2. The second-order valence-electron chi connectivity index (χ2n) is 6.08. The Kier molecular flexibility index (Phi) is 8.40. The number of esters is 1.